The zero-order valence-corrected chi connectivity index (χ0v) is 13.9. The quantitative estimate of drug-likeness (QED) is 0.865. The summed E-state index contributed by atoms with van der Waals surface area (Å²) in [5.41, 5.74) is 3.16. The molecule has 2 N–H and O–H groups in total. The number of amides is 1. The van der Waals surface area contributed by atoms with E-state index >= 15 is 0 Å². The molecule has 126 valence electrons. The Kier molecular flexibility index (Phi) is 4.15. The maximum Gasteiger partial charge on any atom is 0.270 e. The maximum atomic E-state index is 12.0. The normalized spacial score (nSPS) is 26.2. The number of hydrogen-bond donors (Lipinski definition) is 2. The average molecular weight is 345 g/mol. The number of nitrogens with zero attached hydrogens (tertiary/aromatic N) is 4. The summed E-state index contributed by atoms with van der Waals surface area (Å²) in [6, 6.07) is 2.19. The molecule has 1 saturated carbocycles. The SMILES string of the molecule is O=C(NC1CC(c2cc(N3CCC(O)C3)ncn2)C1)c1cscn1. The summed E-state index contributed by atoms with van der Waals surface area (Å²) >= 11 is 1.42. The molecule has 2 aromatic heterocycles. The van der Waals surface area contributed by atoms with E-state index in [1.165, 1.54) is 11.3 Å². The summed E-state index contributed by atoms with van der Waals surface area (Å²) in [5, 5.41) is 14.4. The Bertz CT molecular complexity index is 717. The fourth-order valence-electron chi connectivity index (χ4n) is 3.27. The van der Waals surface area contributed by atoms with Crippen LogP contribution in [0.15, 0.2) is 23.3 Å². The lowest BCUT2D eigenvalue weighted by Gasteiger charge is -2.35. The minimum atomic E-state index is -0.266. The van der Waals surface area contributed by atoms with Crippen LogP contribution in [0.4, 0.5) is 5.82 Å². The Morgan fingerprint density at radius 2 is 2.21 bits per heavy atom. The van der Waals surface area contributed by atoms with Crippen molar-refractivity contribution < 1.29 is 9.90 Å². The number of aromatic nitrogens is 3. The molecule has 24 heavy (non-hydrogen) atoms. The van der Waals surface area contributed by atoms with Crippen LogP contribution >= 0.6 is 11.3 Å². The zero-order valence-electron chi connectivity index (χ0n) is 13.1. The number of carbonyl (C=O) groups is 1. The zero-order chi connectivity index (χ0) is 16.5. The van der Waals surface area contributed by atoms with E-state index in [1.807, 2.05) is 6.07 Å². The number of thiazole rings is 1. The van der Waals surface area contributed by atoms with Crippen LogP contribution < -0.4 is 10.2 Å². The van der Waals surface area contributed by atoms with E-state index in [4.69, 9.17) is 0 Å². The Morgan fingerprint density at radius 1 is 1.33 bits per heavy atom. The van der Waals surface area contributed by atoms with E-state index in [-0.39, 0.29) is 18.1 Å². The van der Waals surface area contributed by atoms with Crippen LogP contribution in [0.1, 0.15) is 41.4 Å². The van der Waals surface area contributed by atoms with Gasteiger partial charge in [0.2, 0.25) is 0 Å². The third kappa shape index (κ3) is 3.11. The van der Waals surface area contributed by atoms with Gasteiger partial charge in [-0.3, -0.25) is 4.79 Å². The molecule has 4 rings (SSSR count). The Labute approximate surface area is 143 Å². The average Bonchev–Trinajstić information content (AvgIpc) is 3.22. The van der Waals surface area contributed by atoms with Gasteiger partial charge >= 0.3 is 0 Å². The van der Waals surface area contributed by atoms with Crippen molar-refractivity contribution in [3.8, 4) is 0 Å². The van der Waals surface area contributed by atoms with E-state index in [0.29, 0.717) is 18.2 Å². The van der Waals surface area contributed by atoms with Gasteiger partial charge in [0.1, 0.15) is 17.8 Å². The number of rotatable bonds is 4. The van der Waals surface area contributed by atoms with Gasteiger partial charge in [0, 0.05) is 42.2 Å². The van der Waals surface area contributed by atoms with Crippen molar-refractivity contribution in [1.29, 1.82) is 0 Å². The molecule has 0 bridgehead atoms. The maximum absolute atomic E-state index is 12.0. The van der Waals surface area contributed by atoms with Crippen LogP contribution in [0.3, 0.4) is 0 Å². The lowest BCUT2D eigenvalue weighted by Crippen LogP contribution is -2.43. The van der Waals surface area contributed by atoms with E-state index < -0.39 is 0 Å². The molecule has 2 aromatic rings. The lowest BCUT2D eigenvalue weighted by molar-refractivity contribution is 0.0904. The second-order valence-corrected chi connectivity index (χ2v) is 7.12. The summed E-state index contributed by atoms with van der Waals surface area (Å²) < 4.78 is 0. The number of β-amino-alcohol motifs (C(OH)–C–C–N with tert-alkyl or cyclic N) is 1. The highest BCUT2D eigenvalue weighted by atomic mass is 32.1. The molecular weight excluding hydrogens is 326 g/mol. The molecule has 0 spiro atoms. The van der Waals surface area contributed by atoms with Gasteiger partial charge < -0.3 is 15.3 Å². The van der Waals surface area contributed by atoms with Crippen LogP contribution in [0.2, 0.25) is 0 Å². The molecule has 8 heteroatoms. The van der Waals surface area contributed by atoms with Crippen LogP contribution in [0.5, 0.6) is 0 Å². The van der Waals surface area contributed by atoms with Crippen LogP contribution in [0, 0.1) is 0 Å². The van der Waals surface area contributed by atoms with E-state index in [0.717, 1.165) is 37.3 Å². The van der Waals surface area contributed by atoms with Crippen LogP contribution in [-0.4, -0.2) is 51.2 Å². The highest BCUT2D eigenvalue weighted by Gasteiger charge is 2.33. The first-order valence-corrected chi connectivity index (χ1v) is 9.07. The molecule has 1 saturated heterocycles. The summed E-state index contributed by atoms with van der Waals surface area (Å²) in [5.74, 6) is 1.13. The molecule has 0 radical (unpaired) electrons. The number of aliphatic hydroxyl groups excluding tert-OH is 1. The largest absolute Gasteiger partial charge is 0.391 e. The Balaban J connectivity index is 1.34. The Morgan fingerprint density at radius 3 is 2.92 bits per heavy atom. The van der Waals surface area contributed by atoms with Crippen molar-refractivity contribution in [3.05, 3.63) is 34.7 Å². The van der Waals surface area contributed by atoms with Gasteiger partial charge in [-0.2, -0.15) is 0 Å². The molecule has 1 amide bonds. The summed E-state index contributed by atoms with van der Waals surface area (Å²) in [4.78, 5) is 26.8. The minimum absolute atomic E-state index is 0.103. The molecule has 7 nitrogen and oxygen atoms in total. The minimum Gasteiger partial charge on any atom is -0.391 e. The van der Waals surface area contributed by atoms with Gasteiger partial charge in [0.15, 0.2) is 0 Å². The van der Waals surface area contributed by atoms with Crippen molar-refractivity contribution >= 4 is 23.1 Å². The second-order valence-electron chi connectivity index (χ2n) is 6.40. The Hall–Kier alpha value is -2.06. The molecule has 1 unspecified atom stereocenters. The van der Waals surface area contributed by atoms with E-state index in [2.05, 4.69) is 25.2 Å². The molecule has 1 aliphatic carbocycles. The van der Waals surface area contributed by atoms with Gasteiger partial charge in [0.05, 0.1) is 11.6 Å². The third-order valence-electron chi connectivity index (χ3n) is 4.72. The topological polar surface area (TPSA) is 91.2 Å². The van der Waals surface area contributed by atoms with E-state index in [9.17, 15) is 9.90 Å². The molecule has 2 fully saturated rings. The van der Waals surface area contributed by atoms with Crippen molar-refractivity contribution in [2.24, 2.45) is 0 Å². The van der Waals surface area contributed by atoms with E-state index in [1.54, 1.807) is 17.2 Å². The highest BCUT2D eigenvalue weighted by Crippen LogP contribution is 2.37. The van der Waals surface area contributed by atoms with Crippen molar-refractivity contribution in [3.63, 3.8) is 0 Å². The molecule has 3 heterocycles. The predicted molar refractivity (Wildman–Crippen MR) is 90.2 cm³/mol. The third-order valence-corrected chi connectivity index (χ3v) is 5.30. The summed E-state index contributed by atoms with van der Waals surface area (Å²) in [6.45, 7) is 1.46. The molecule has 1 aliphatic heterocycles. The number of hydrogen-bond acceptors (Lipinski definition) is 7. The highest BCUT2D eigenvalue weighted by molar-refractivity contribution is 7.07. The number of aliphatic hydroxyl groups is 1. The fraction of sp³-hybridized carbons (Fsp3) is 0.500. The molecule has 1 atom stereocenters. The number of carbonyl (C=O) groups excluding carboxylic acids is 1. The fourth-order valence-corrected chi connectivity index (χ4v) is 3.80. The first kappa shape index (κ1) is 15.5. The molecular formula is C16H19N5O2S. The van der Waals surface area contributed by atoms with Crippen molar-refractivity contribution in [1.82, 2.24) is 20.3 Å². The van der Waals surface area contributed by atoms with Crippen molar-refractivity contribution in [2.75, 3.05) is 18.0 Å². The first-order chi connectivity index (χ1) is 11.7. The smallest absolute Gasteiger partial charge is 0.270 e. The monoisotopic (exact) mass is 345 g/mol. The van der Waals surface area contributed by atoms with Gasteiger partial charge in [0.25, 0.3) is 5.91 Å². The van der Waals surface area contributed by atoms with Gasteiger partial charge in [-0.25, -0.2) is 15.0 Å². The second kappa shape index (κ2) is 6.45. The van der Waals surface area contributed by atoms with Crippen LogP contribution in [-0.2, 0) is 0 Å². The summed E-state index contributed by atoms with van der Waals surface area (Å²) in [7, 11) is 0. The van der Waals surface area contributed by atoms with Gasteiger partial charge in [-0.1, -0.05) is 0 Å². The van der Waals surface area contributed by atoms with Crippen molar-refractivity contribution in [2.45, 2.75) is 37.3 Å². The summed E-state index contributed by atoms with van der Waals surface area (Å²) in [6.07, 6.45) is 3.88. The number of anilines is 1. The lowest BCUT2D eigenvalue weighted by atomic mass is 9.78. The molecule has 0 aromatic carbocycles. The van der Waals surface area contributed by atoms with Gasteiger partial charge in [-0.15, -0.1) is 11.3 Å². The predicted octanol–water partition coefficient (Wildman–Crippen LogP) is 1.18. The first-order valence-electron chi connectivity index (χ1n) is 8.13. The standard InChI is InChI=1S/C16H19N5O2S/c22-12-1-2-21(6-12)15-5-13(17-8-18-15)10-3-11(4-10)20-16(23)14-7-24-9-19-14/h5,7-12,22H,1-4,6H2,(H,20,23). The number of nitrogens with one attached hydrogen (secondary N) is 1. The van der Waals surface area contributed by atoms with Crippen LogP contribution in [0.25, 0.3) is 0 Å². The molecule has 2 aliphatic rings. The van der Waals surface area contributed by atoms with Gasteiger partial charge in [-0.05, 0) is 19.3 Å².